The molecule has 2 rings (SSSR count). The summed E-state index contributed by atoms with van der Waals surface area (Å²) in [6.45, 7) is 0. The fourth-order valence-electron chi connectivity index (χ4n) is 1.66. The van der Waals surface area contributed by atoms with Gasteiger partial charge in [-0.2, -0.15) is 0 Å². The van der Waals surface area contributed by atoms with Crippen LogP contribution in [0, 0.1) is 4.91 Å². The van der Waals surface area contributed by atoms with E-state index in [-0.39, 0.29) is 17.0 Å². The summed E-state index contributed by atoms with van der Waals surface area (Å²) in [6.07, 6.45) is 3.65. The molecule has 0 fully saturated rings. The van der Waals surface area contributed by atoms with Gasteiger partial charge in [0.2, 0.25) is 0 Å². The van der Waals surface area contributed by atoms with Crippen molar-refractivity contribution in [2.75, 3.05) is 0 Å². The zero-order chi connectivity index (χ0) is 13.7. The zero-order valence-electron chi connectivity index (χ0n) is 9.72. The molecular formula is C13H9N3O3. The first-order chi connectivity index (χ1) is 9.30. The largest absolute Gasteiger partial charge is 0.410 e. The van der Waals surface area contributed by atoms with Crippen molar-refractivity contribution in [1.29, 1.82) is 0 Å². The number of rotatable bonds is 4. The molecule has 0 unspecified atom stereocenters. The average molecular weight is 255 g/mol. The van der Waals surface area contributed by atoms with E-state index in [4.69, 9.17) is 5.21 Å². The van der Waals surface area contributed by atoms with Gasteiger partial charge in [-0.25, -0.2) is 0 Å². The van der Waals surface area contributed by atoms with Gasteiger partial charge in [0.15, 0.2) is 6.29 Å². The third-order valence-electron chi connectivity index (χ3n) is 2.56. The lowest BCUT2D eigenvalue weighted by molar-refractivity contribution is 0.112. The summed E-state index contributed by atoms with van der Waals surface area (Å²) < 4.78 is 0. The lowest BCUT2D eigenvalue weighted by Crippen LogP contribution is -2.04. The number of carbonyl (C=O) groups excluding carboxylic acids is 1. The first kappa shape index (κ1) is 12.6. The van der Waals surface area contributed by atoms with Gasteiger partial charge in [0.25, 0.3) is 0 Å². The number of nitroso groups, excluding NO2 is 1. The number of aromatic nitrogens is 1. The Morgan fingerprint density at radius 3 is 2.68 bits per heavy atom. The quantitative estimate of drug-likeness (QED) is 0.298. The first-order valence-corrected chi connectivity index (χ1v) is 5.35. The molecule has 19 heavy (non-hydrogen) atoms. The van der Waals surface area contributed by atoms with Crippen molar-refractivity contribution < 1.29 is 10.0 Å². The molecule has 2 aromatic rings. The highest BCUT2D eigenvalue weighted by atomic mass is 16.4. The highest BCUT2D eigenvalue weighted by molar-refractivity contribution is 6.13. The third-order valence-corrected chi connectivity index (χ3v) is 2.56. The summed E-state index contributed by atoms with van der Waals surface area (Å²) in [5.41, 5.74) is 1.52. The number of hydrogen-bond donors (Lipinski definition) is 1. The smallest absolute Gasteiger partial charge is 0.152 e. The van der Waals surface area contributed by atoms with E-state index >= 15 is 0 Å². The molecule has 1 heterocycles. The second-order valence-electron chi connectivity index (χ2n) is 3.67. The number of benzene rings is 1. The van der Waals surface area contributed by atoms with Crippen LogP contribution in [-0.2, 0) is 0 Å². The van der Waals surface area contributed by atoms with Gasteiger partial charge in [0.05, 0.1) is 0 Å². The van der Waals surface area contributed by atoms with Crippen molar-refractivity contribution in [2.24, 2.45) is 10.3 Å². The summed E-state index contributed by atoms with van der Waals surface area (Å²) in [5.74, 6) is 0. The fourth-order valence-corrected chi connectivity index (χ4v) is 1.66. The van der Waals surface area contributed by atoms with Gasteiger partial charge in [-0.1, -0.05) is 11.2 Å². The maximum Gasteiger partial charge on any atom is 0.152 e. The van der Waals surface area contributed by atoms with Crippen molar-refractivity contribution >= 4 is 17.7 Å². The molecule has 1 aromatic heterocycles. The zero-order valence-corrected chi connectivity index (χ0v) is 9.72. The third kappa shape index (κ3) is 2.52. The standard InChI is InChI=1S/C13H9N3O3/c17-8-11-6-9(3-4-12(11)15-18)13(16-19)10-2-1-5-14-7-10/h1-8,19H/b16-13-. The molecule has 0 aliphatic rings. The minimum Gasteiger partial charge on any atom is -0.410 e. The molecule has 0 radical (unpaired) electrons. The number of hydrogen-bond acceptors (Lipinski definition) is 6. The van der Waals surface area contributed by atoms with Crippen LogP contribution in [0.5, 0.6) is 0 Å². The predicted molar refractivity (Wildman–Crippen MR) is 68.9 cm³/mol. The van der Waals surface area contributed by atoms with Gasteiger partial charge in [0, 0.05) is 29.1 Å². The first-order valence-electron chi connectivity index (χ1n) is 5.35. The van der Waals surface area contributed by atoms with Gasteiger partial charge >= 0.3 is 0 Å². The van der Waals surface area contributed by atoms with E-state index in [0.717, 1.165) is 0 Å². The molecule has 6 nitrogen and oxygen atoms in total. The molecule has 0 atom stereocenters. The molecule has 0 saturated carbocycles. The second kappa shape index (κ2) is 5.63. The highest BCUT2D eigenvalue weighted by Crippen LogP contribution is 2.20. The average Bonchev–Trinajstić information content (AvgIpc) is 2.49. The van der Waals surface area contributed by atoms with Crippen molar-refractivity contribution in [2.45, 2.75) is 0 Å². The van der Waals surface area contributed by atoms with Crippen LogP contribution in [-0.4, -0.2) is 22.2 Å². The van der Waals surface area contributed by atoms with E-state index in [1.165, 1.54) is 18.3 Å². The Bertz CT molecular complexity index is 639. The Labute approximate surface area is 108 Å². The van der Waals surface area contributed by atoms with Crippen molar-refractivity contribution in [3.63, 3.8) is 0 Å². The van der Waals surface area contributed by atoms with Crippen molar-refractivity contribution in [3.8, 4) is 0 Å². The lowest BCUT2D eigenvalue weighted by atomic mass is 10.0. The van der Waals surface area contributed by atoms with Crippen LogP contribution in [0.15, 0.2) is 53.1 Å². The summed E-state index contributed by atoms with van der Waals surface area (Å²) in [7, 11) is 0. The van der Waals surface area contributed by atoms with Crippen LogP contribution in [0.3, 0.4) is 0 Å². The molecule has 0 spiro atoms. The van der Waals surface area contributed by atoms with E-state index in [2.05, 4.69) is 15.3 Å². The van der Waals surface area contributed by atoms with Crippen LogP contribution in [0.1, 0.15) is 21.5 Å². The van der Waals surface area contributed by atoms with Crippen LogP contribution in [0.2, 0.25) is 0 Å². The lowest BCUT2D eigenvalue weighted by Gasteiger charge is -2.05. The van der Waals surface area contributed by atoms with Crippen molar-refractivity contribution in [1.82, 2.24) is 4.98 Å². The number of pyridine rings is 1. The Kier molecular flexibility index (Phi) is 3.72. The molecule has 0 bridgehead atoms. The minimum absolute atomic E-state index is 0.0437. The van der Waals surface area contributed by atoms with E-state index in [0.29, 0.717) is 17.4 Å². The number of aldehydes is 1. The predicted octanol–water partition coefficient (Wildman–Crippen LogP) is 2.52. The maximum atomic E-state index is 10.9. The maximum absolute atomic E-state index is 10.9. The Morgan fingerprint density at radius 1 is 1.26 bits per heavy atom. The molecular weight excluding hydrogens is 246 g/mol. The molecule has 1 N–H and O–H groups in total. The summed E-state index contributed by atoms with van der Waals surface area (Å²) in [5, 5.41) is 15.1. The fraction of sp³-hybridized carbons (Fsp3) is 0. The monoisotopic (exact) mass is 255 g/mol. The van der Waals surface area contributed by atoms with Crippen molar-refractivity contribution in [3.05, 3.63) is 64.3 Å². The van der Waals surface area contributed by atoms with E-state index in [1.807, 2.05) is 0 Å². The molecule has 6 heteroatoms. The van der Waals surface area contributed by atoms with Gasteiger partial charge in [0.1, 0.15) is 11.4 Å². The van der Waals surface area contributed by atoms with E-state index in [1.54, 1.807) is 24.4 Å². The Balaban J connectivity index is 2.52. The van der Waals surface area contributed by atoms with Gasteiger partial charge < -0.3 is 5.21 Å². The van der Waals surface area contributed by atoms with Crippen LogP contribution < -0.4 is 0 Å². The van der Waals surface area contributed by atoms with Gasteiger partial charge in [-0.05, 0) is 29.4 Å². The molecule has 0 amide bonds. The normalized spacial score (nSPS) is 11.1. The van der Waals surface area contributed by atoms with Gasteiger partial charge in [-0.3, -0.25) is 9.78 Å². The number of carbonyl (C=O) groups is 1. The molecule has 0 saturated heterocycles. The highest BCUT2D eigenvalue weighted by Gasteiger charge is 2.11. The van der Waals surface area contributed by atoms with E-state index < -0.39 is 0 Å². The molecule has 0 aliphatic heterocycles. The number of nitrogens with zero attached hydrogens (tertiary/aromatic N) is 3. The Hall–Kier alpha value is -2.89. The van der Waals surface area contributed by atoms with Crippen LogP contribution in [0.4, 0.5) is 5.69 Å². The SMILES string of the molecule is O=Cc1cc(/C(=N/O)c2cccnc2)ccc1N=O. The topological polar surface area (TPSA) is 92.0 Å². The van der Waals surface area contributed by atoms with Gasteiger partial charge in [-0.15, -0.1) is 4.91 Å². The van der Waals surface area contributed by atoms with E-state index in [9.17, 15) is 9.70 Å². The van der Waals surface area contributed by atoms with Crippen LogP contribution in [0.25, 0.3) is 0 Å². The minimum atomic E-state index is 0.0437. The molecule has 0 aliphatic carbocycles. The second-order valence-corrected chi connectivity index (χ2v) is 3.67. The summed E-state index contributed by atoms with van der Waals surface area (Å²) >= 11 is 0. The summed E-state index contributed by atoms with van der Waals surface area (Å²) in [6, 6.07) is 7.79. The Morgan fingerprint density at radius 2 is 2.11 bits per heavy atom. The summed E-state index contributed by atoms with van der Waals surface area (Å²) in [4.78, 5) is 25.3. The number of oxime groups is 1. The molecule has 1 aromatic carbocycles. The van der Waals surface area contributed by atoms with Crippen LogP contribution >= 0.6 is 0 Å². The molecule has 94 valence electrons.